The lowest BCUT2D eigenvalue weighted by atomic mass is 10.1. The van der Waals surface area contributed by atoms with Gasteiger partial charge in [0.25, 0.3) is 0 Å². The molecular formula is C13H14F3N3. The largest absolute Gasteiger partial charge is 0.389 e. The molecule has 1 aromatic heterocycles. The van der Waals surface area contributed by atoms with Crippen LogP contribution in [-0.2, 0) is 13.0 Å². The van der Waals surface area contributed by atoms with Gasteiger partial charge in [0.1, 0.15) is 12.2 Å². The lowest BCUT2D eigenvalue weighted by Crippen LogP contribution is -2.13. The van der Waals surface area contributed by atoms with E-state index in [0.29, 0.717) is 12.4 Å². The lowest BCUT2D eigenvalue weighted by molar-refractivity contribution is -0.134. The fraction of sp³-hybridized carbons (Fsp3) is 0.385. The lowest BCUT2D eigenvalue weighted by Gasteiger charge is -2.08. The highest BCUT2D eigenvalue weighted by Crippen LogP contribution is 2.21. The summed E-state index contributed by atoms with van der Waals surface area (Å²) in [6.07, 6.45) is -3.89. The average Bonchev–Trinajstić information content (AvgIpc) is 2.76. The zero-order chi connectivity index (χ0) is 13.9. The molecule has 0 bridgehead atoms. The maximum Gasteiger partial charge on any atom is 0.389 e. The van der Waals surface area contributed by atoms with Crippen molar-refractivity contribution in [1.29, 1.82) is 0 Å². The van der Waals surface area contributed by atoms with Crippen molar-refractivity contribution in [3.8, 4) is 0 Å². The Balaban J connectivity index is 2.05. The van der Waals surface area contributed by atoms with E-state index in [1.54, 1.807) is 0 Å². The van der Waals surface area contributed by atoms with Gasteiger partial charge in [0.15, 0.2) is 0 Å². The fourth-order valence-corrected chi connectivity index (χ4v) is 1.73. The highest BCUT2D eigenvalue weighted by atomic mass is 19.4. The molecule has 2 aromatic rings. The van der Waals surface area contributed by atoms with Gasteiger partial charge in [-0.3, -0.25) is 0 Å². The number of halogens is 3. The van der Waals surface area contributed by atoms with E-state index in [1.165, 1.54) is 11.0 Å². The number of hydrogen-bond donors (Lipinski definition) is 0. The molecule has 102 valence electrons. The highest BCUT2D eigenvalue weighted by molar-refractivity contribution is 5.21. The quantitative estimate of drug-likeness (QED) is 0.853. The van der Waals surface area contributed by atoms with Crippen LogP contribution in [-0.4, -0.2) is 20.9 Å². The Bertz CT molecular complexity index is 529. The van der Waals surface area contributed by atoms with E-state index < -0.39 is 12.6 Å². The van der Waals surface area contributed by atoms with Crippen molar-refractivity contribution in [2.45, 2.75) is 32.5 Å². The molecule has 19 heavy (non-hydrogen) atoms. The van der Waals surface area contributed by atoms with E-state index in [2.05, 4.69) is 10.1 Å². The van der Waals surface area contributed by atoms with Crippen LogP contribution in [0.1, 0.15) is 23.4 Å². The van der Waals surface area contributed by atoms with Crippen molar-refractivity contribution in [3.63, 3.8) is 0 Å². The van der Waals surface area contributed by atoms with Crippen molar-refractivity contribution in [1.82, 2.24) is 14.8 Å². The molecule has 1 aromatic carbocycles. The number of rotatable bonds is 4. The summed E-state index contributed by atoms with van der Waals surface area (Å²) in [6, 6.07) is 7.79. The molecule has 3 nitrogen and oxygen atoms in total. The van der Waals surface area contributed by atoms with Gasteiger partial charge in [-0.1, -0.05) is 29.8 Å². The number of hydrogen-bond acceptors (Lipinski definition) is 2. The molecule has 0 amide bonds. The Morgan fingerprint density at radius 2 is 1.84 bits per heavy atom. The molecule has 0 saturated heterocycles. The van der Waals surface area contributed by atoms with Crippen LogP contribution in [0.5, 0.6) is 0 Å². The second kappa shape index (κ2) is 5.42. The third-order valence-corrected chi connectivity index (χ3v) is 2.78. The van der Waals surface area contributed by atoms with E-state index >= 15 is 0 Å². The number of alkyl halides is 3. The SMILES string of the molecule is Cc1ccc(Cn2ncnc2CCC(F)(F)F)cc1. The minimum atomic E-state index is -4.17. The summed E-state index contributed by atoms with van der Waals surface area (Å²) in [5, 5.41) is 3.97. The minimum absolute atomic E-state index is 0.143. The standard InChI is InChI=1S/C13H14F3N3/c1-10-2-4-11(5-3-10)8-19-12(17-9-18-19)6-7-13(14,15)16/h2-5,9H,6-8H2,1H3. The van der Waals surface area contributed by atoms with Gasteiger partial charge in [-0.15, -0.1) is 0 Å². The van der Waals surface area contributed by atoms with Gasteiger partial charge >= 0.3 is 6.18 Å². The summed E-state index contributed by atoms with van der Waals surface area (Å²) in [6.45, 7) is 2.42. The first-order chi connectivity index (χ1) is 8.94. The maximum atomic E-state index is 12.2. The van der Waals surface area contributed by atoms with Crippen LogP contribution in [0.25, 0.3) is 0 Å². The third kappa shape index (κ3) is 4.08. The molecule has 0 radical (unpaired) electrons. The van der Waals surface area contributed by atoms with Crippen LogP contribution in [0, 0.1) is 6.92 Å². The van der Waals surface area contributed by atoms with Crippen LogP contribution in [0.2, 0.25) is 0 Å². The molecule has 2 rings (SSSR count). The molecule has 0 unspecified atom stereocenters. The number of nitrogens with zero attached hydrogens (tertiary/aromatic N) is 3. The topological polar surface area (TPSA) is 30.7 Å². The first-order valence-corrected chi connectivity index (χ1v) is 5.93. The zero-order valence-electron chi connectivity index (χ0n) is 10.5. The minimum Gasteiger partial charge on any atom is -0.246 e. The van der Waals surface area contributed by atoms with Gasteiger partial charge < -0.3 is 0 Å². The fourth-order valence-electron chi connectivity index (χ4n) is 1.73. The Morgan fingerprint density at radius 1 is 1.16 bits per heavy atom. The molecule has 0 saturated carbocycles. The Morgan fingerprint density at radius 3 is 2.47 bits per heavy atom. The maximum absolute atomic E-state index is 12.2. The summed E-state index contributed by atoms with van der Waals surface area (Å²) in [4.78, 5) is 3.88. The van der Waals surface area contributed by atoms with Crippen LogP contribution in [0.3, 0.4) is 0 Å². The van der Waals surface area contributed by atoms with Crippen molar-refractivity contribution in [2.24, 2.45) is 0 Å². The zero-order valence-corrected chi connectivity index (χ0v) is 10.5. The Kier molecular flexibility index (Phi) is 3.87. The molecule has 0 aliphatic heterocycles. The second-order valence-electron chi connectivity index (χ2n) is 4.43. The molecule has 0 fully saturated rings. The Labute approximate surface area is 109 Å². The predicted molar refractivity (Wildman–Crippen MR) is 64.7 cm³/mol. The first-order valence-electron chi connectivity index (χ1n) is 5.93. The average molecular weight is 269 g/mol. The molecule has 1 heterocycles. The Hall–Kier alpha value is -1.85. The normalized spacial score (nSPS) is 11.8. The van der Waals surface area contributed by atoms with Crippen LogP contribution >= 0.6 is 0 Å². The van der Waals surface area contributed by atoms with Crippen LogP contribution in [0.4, 0.5) is 13.2 Å². The third-order valence-electron chi connectivity index (χ3n) is 2.78. The molecule has 0 aliphatic carbocycles. The second-order valence-corrected chi connectivity index (χ2v) is 4.43. The van der Waals surface area contributed by atoms with E-state index in [1.807, 2.05) is 31.2 Å². The van der Waals surface area contributed by atoms with Crippen molar-refractivity contribution >= 4 is 0 Å². The van der Waals surface area contributed by atoms with E-state index in [9.17, 15) is 13.2 Å². The number of aromatic nitrogens is 3. The number of benzene rings is 1. The van der Waals surface area contributed by atoms with Crippen molar-refractivity contribution in [2.75, 3.05) is 0 Å². The first kappa shape index (κ1) is 13.6. The predicted octanol–water partition coefficient (Wildman–Crippen LogP) is 3.13. The van der Waals surface area contributed by atoms with Gasteiger partial charge in [0.2, 0.25) is 0 Å². The molecule has 6 heteroatoms. The van der Waals surface area contributed by atoms with Crippen LogP contribution < -0.4 is 0 Å². The van der Waals surface area contributed by atoms with Gasteiger partial charge in [-0.2, -0.15) is 18.3 Å². The summed E-state index contributed by atoms with van der Waals surface area (Å²) in [7, 11) is 0. The number of aryl methyl sites for hydroxylation is 2. The molecule has 0 spiro atoms. The van der Waals surface area contributed by atoms with E-state index in [4.69, 9.17) is 0 Å². The molecule has 0 aliphatic rings. The molecule has 0 atom stereocenters. The van der Waals surface area contributed by atoms with Gasteiger partial charge in [0, 0.05) is 6.42 Å². The summed E-state index contributed by atoms with van der Waals surface area (Å²) < 4.78 is 38.1. The summed E-state index contributed by atoms with van der Waals surface area (Å²) >= 11 is 0. The summed E-state index contributed by atoms with van der Waals surface area (Å²) in [5.74, 6) is 0.359. The van der Waals surface area contributed by atoms with Gasteiger partial charge in [-0.25, -0.2) is 9.67 Å². The smallest absolute Gasteiger partial charge is 0.246 e. The van der Waals surface area contributed by atoms with Crippen molar-refractivity contribution in [3.05, 3.63) is 47.5 Å². The molecular weight excluding hydrogens is 255 g/mol. The van der Waals surface area contributed by atoms with E-state index in [0.717, 1.165) is 11.1 Å². The van der Waals surface area contributed by atoms with Gasteiger partial charge in [-0.05, 0) is 12.5 Å². The van der Waals surface area contributed by atoms with Gasteiger partial charge in [0.05, 0.1) is 13.0 Å². The monoisotopic (exact) mass is 269 g/mol. The van der Waals surface area contributed by atoms with Crippen LogP contribution in [0.15, 0.2) is 30.6 Å². The van der Waals surface area contributed by atoms with Crippen molar-refractivity contribution < 1.29 is 13.2 Å². The van der Waals surface area contributed by atoms with E-state index in [-0.39, 0.29) is 6.42 Å². The summed E-state index contributed by atoms with van der Waals surface area (Å²) in [5.41, 5.74) is 2.13. The molecule has 0 N–H and O–H groups in total. The highest BCUT2D eigenvalue weighted by Gasteiger charge is 2.27.